The molecule has 1 fully saturated rings. The molecule has 9 heteroatoms. The van der Waals surface area contributed by atoms with Crippen molar-refractivity contribution in [3.63, 3.8) is 0 Å². The van der Waals surface area contributed by atoms with Gasteiger partial charge in [-0.15, -0.1) is 12.4 Å². The minimum Gasteiger partial charge on any atom is -0.493 e. The van der Waals surface area contributed by atoms with E-state index >= 15 is 0 Å². The summed E-state index contributed by atoms with van der Waals surface area (Å²) in [6, 6.07) is 1.79. The Morgan fingerprint density at radius 2 is 1.72 bits per heavy atom. The predicted molar refractivity (Wildman–Crippen MR) is 92.6 cm³/mol. The Kier molecular flexibility index (Phi) is 8.14. The summed E-state index contributed by atoms with van der Waals surface area (Å²) in [5, 5.41) is 12.4. The van der Waals surface area contributed by atoms with Crippen LogP contribution in [0.3, 0.4) is 0 Å². The molecule has 6 nitrogen and oxygen atoms in total. The smallest absolute Gasteiger partial charge is 0.290 e. The fourth-order valence-corrected chi connectivity index (χ4v) is 3.06. The van der Waals surface area contributed by atoms with Gasteiger partial charge in [0, 0.05) is 31.7 Å². The largest absolute Gasteiger partial charge is 0.493 e. The Balaban J connectivity index is 0.00000312. The van der Waals surface area contributed by atoms with Crippen molar-refractivity contribution in [3.05, 3.63) is 17.7 Å². The van der Waals surface area contributed by atoms with Gasteiger partial charge in [-0.05, 0) is 12.1 Å². The molecule has 0 bridgehead atoms. The van der Waals surface area contributed by atoms with Crippen molar-refractivity contribution in [3.8, 4) is 17.2 Å². The molecule has 2 rings (SSSR count). The molecule has 0 radical (unpaired) electrons. The first-order chi connectivity index (χ1) is 11.5. The first kappa shape index (κ1) is 21.7. The number of hydrogen-bond acceptors (Lipinski definition) is 6. The summed E-state index contributed by atoms with van der Waals surface area (Å²) in [6.45, 7) is 0.843. The number of methoxy groups -OCH3 is 3. The number of nitrogens with zero attached hydrogens (tertiary/aromatic N) is 1. The zero-order chi connectivity index (χ0) is 17.7. The van der Waals surface area contributed by atoms with Crippen LogP contribution in [0.5, 0.6) is 17.2 Å². The monoisotopic (exact) mass is 382 g/mol. The summed E-state index contributed by atoms with van der Waals surface area (Å²) in [7, 11) is 4.29. The first-order valence-corrected chi connectivity index (χ1v) is 7.72. The van der Waals surface area contributed by atoms with Gasteiger partial charge in [-0.2, -0.15) is 0 Å². The van der Waals surface area contributed by atoms with Gasteiger partial charge in [-0.3, -0.25) is 4.90 Å². The van der Waals surface area contributed by atoms with Crippen molar-refractivity contribution in [1.29, 1.82) is 0 Å². The number of alkyl halides is 2. The second-order valence-corrected chi connectivity index (χ2v) is 5.53. The Morgan fingerprint density at radius 1 is 1.12 bits per heavy atom. The minimum atomic E-state index is -3.33. The van der Waals surface area contributed by atoms with E-state index in [1.807, 2.05) is 0 Å². The summed E-state index contributed by atoms with van der Waals surface area (Å²) >= 11 is 0. The summed E-state index contributed by atoms with van der Waals surface area (Å²) in [5.41, 5.74) is 0.260. The summed E-state index contributed by atoms with van der Waals surface area (Å²) < 4.78 is 45.0. The van der Waals surface area contributed by atoms with Crippen LogP contribution in [0.4, 0.5) is 8.78 Å². The van der Waals surface area contributed by atoms with Gasteiger partial charge in [0.05, 0.1) is 21.3 Å². The Morgan fingerprint density at radius 3 is 2.20 bits per heavy atom. The first-order valence-electron chi connectivity index (χ1n) is 7.72. The summed E-state index contributed by atoms with van der Waals surface area (Å²) in [5.74, 6) is -2.49. The van der Waals surface area contributed by atoms with E-state index in [2.05, 4.69) is 5.32 Å². The van der Waals surface area contributed by atoms with E-state index in [-0.39, 0.29) is 29.5 Å². The fraction of sp³-hybridized carbons (Fsp3) is 0.625. The topological polar surface area (TPSA) is 63.2 Å². The average molecular weight is 383 g/mol. The van der Waals surface area contributed by atoms with Crippen molar-refractivity contribution >= 4 is 12.4 Å². The number of nitrogens with one attached hydrogen (secondary N) is 1. The van der Waals surface area contributed by atoms with Crippen LogP contribution in [0.25, 0.3) is 0 Å². The number of aliphatic hydroxyl groups excluding tert-OH is 1. The van der Waals surface area contributed by atoms with Gasteiger partial charge in [0.1, 0.15) is 12.6 Å². The van der Waals surface area contributed by atoms with E-state index in [0.29, 0.717) is 31.9 Å². The van der Waals surface area contributed by atoms with Crippen LogP contribution < -0.4 is 19.5 Å². The number of benzene rings is 1. The van der Waals surface area contributed by atoms with Gasteiger partial charge in [0.25, 0.3) is 5.92 Å². The van der Waals surface area contributed by atoms with E-state index in [1.165, 1.54) is 27.4 Å². The maximum Gasteiger partial charge on any atom is 0.290 e. The van der Waals surface area contributed by atoms with Gasteiger partial charge < -0.3 is 24.6 Å². The molecule has 1 aromatic rings. The lowest BCUT2D eigenvalue weighted by Crippen LogP contribution is -2.51. The highest BCUT2D eigenvalue weighted by Gasteiger charge is 2.46. The fourth-order valence-electron chi connectivity index (χ4n) is 3.06. The lowest BCUT2D eigenvalue weighted by atomic mass is 9.96. The van der Waals surface area contributed by atoms with E-state index in [1.54, 1.807) is 11.0 Å². The Labute approximate surface area is 152 Å². The molecule has 1 aliphatic heterocycles. The average Bonchev–Trinajstić information content (AvgIpc) is 2.61. The third-order valence-corrected chi connectivity index (χ3v) is 4.16. The third kappa shape index (κ3) is 4.44. The molecule has 1 saturated heterocycles. The molecule has 0 aliphatic carbocycles. The summed E-state index contributed by atoms with van der Waals surface area (Å²) in [4.78, 5) is 1.65. The van der Waals surface area contributed by atoms with Crippen molar-refractivity contribution < 1.29 is 28.1 Å². The van der Waals surface area contributed by atoms with Gasteiger partial charge in [0.2, 0.25) is 5.75 Å². The van der Waals surface area contributed by atoms with Gasteiger partial charge in [0.15, 0.2) is 11.5 Å². The molecule has 1 aromatic carbocycles. The molecule has 1 heterocycles. The molecule has 0 unspecified atom stereocenters. The lowest BCUT2D eigenvalue weighted by Gasteiger charge is -2.39. The van der Waals surface area contributed by atoms with Gasteiger partial charge in [-0.25, -0.2) is 8.78 Å². The molecule has 0 spiro atoms. The van der Waals surface area contributed by atoms with Crippen LogP contribution >= 0.6 is 12.4 Å². The van der Waals surface area contributed by atoms with E-state index in [4.69, 9.17) is 14.2 Å². The maximum absolute atomic E-state index is 14.6. The highest BCUT2D eigenvalue weighted by atomic mass is 35.5. The Bertz CT molecular complexity index is 557. The Hall–Kier alpha value is -1.35. The second-order valence-electron chi connectivity index (χ2n) is 5.53. The number of aliphatic hydroxyl groups is 1. The SMILES string of the molecule is COc1ccc([C@@H](N2CCNCC2)C(F)(F)CO)c(OC)c1OC.Cl. The van der Waals surface area contributed by atoms with Crippen molar-refractivity contribution in [2.24, 2.45) is 0 Å². The zero-order valence-electron chi connectivity index (χ0n) is 14.6. The van der Waals surface area contributed by atoms with Crippen molar-refractivity contribution in [2.75, 3.05) is 54.1 Å². The van der Waals surface area contributed by atoms with Crippen molar-refractivity contribution in [2.45, 2.75) is 12.0 Å². The van der Waals surface area contributed by atoms with Crippen LogP contribution in [-0.4, -0.2) is 70.0 Å². The highest BCUT2D eigenvalue weighted by molar-refractivity contribution is 5.85. The number of rotatable bonds is 7. The number of piperazine rings is 1. The molecular formula is C16H25ClF2N2O4. The van der Waals surface area contributed by atoms with E-state index < -0.39 is 18.6 Å². The highest BCUT2D eigenvalue weighted by Crippen LogP contribution is 2.47. The van der Waals surface area contributed by atoms with E-state index in [0.717, 1.165) is 0 Å². The second kappa shape index (κ2) is 9.38. The molecule has 144 valence electrons. The molecule has 0 aromatic heterocycles. The standard InChI is InChI=1S/C16H24F2N2O4.ClH/c1-22-12-5-4-11(13(23-2)14(12)24-3)15(16(17,18)10-21)20-8-6-19-7-9-20;/h4-5,15,19,21H,6-10H2,1-3H3;1H/t15-;/m1./s1. The molecular weight excluding hydrogens is 358 g/mol. The quantitative estimate of drug-likeness (QED) is 0.748. The number of halogens is 3. The molecule has 2 N–H and O–H groups in total. The normalized spacial score (nSPS) is 16.7. The van der Waals surface area contributed by atoms with E-state index in [9.17, 15) is 13.9 Å². The number of hydrogen-bond donors (Lipinski definition) is 2. The molecule has 1 aliphatic rings. The summed E-state index contributed by atoms with van der Waals surface area (Å²) in [6.07, 6.45) is 0. The van der Waals surface area contributed by atoms with Gasteiger partial charge >= 0.3 is 0 Å². The van der Waals surface area contributed by atoms with Crippen LogP contribution in [-0.2, 0) is 0 Å². The predicted octanol–water partition coefficient (Wildman–Crippen LogP) is 1.71. The lowest BCUT2D eigenvalue weighted by molar-refractivity contribution is -0.119. The van der Waals surface area contributed by atoms with Crippen molar-refractivity contribution in [1.82, 2.24) is 10.2 Å². The zero-order valence-corrected chi connectivity index (χ0v) is 15.4. The maximum atomic E-state index is 14.6. The molecule has 0 amide bonds. The van der Waals surface area contributed by atoms with Gasteiger partial charge in [-0.1, -0.05) is 0 Å². The third-order valence-electron chi connectivity index (χ3n) is 4.16. The molecule has 1 atom stereocenters. The van der Waals surface area contributed by atoms with Crippen LogP contribution in [0.2, 0.25) is 0 Å². The van der Waals surface area contributed by atoms with Crippen LogP contribution in [0.15, 0.2) is 12.1 Å². The number of ether oxygens (including phenoxy) is 3. The molecule has 0 saturated carbocycles. The molecule has 25 heavy (non-hydrogen) atoms. The van der Waals surface area contributed by atoms with Crippen LogP contribution in [0.1, 0.15) is 11.6 Å². The minimum absolute atomic E-state index is 0. The van der Waals surface area contributed by atoms with Crippen LogP contribution in [0, 0.1) is 0 Å².